The van der Waals surface area contributed by atoms with Crippen molar-refractivity contribution in [3.63, 3.8) is 0 Å². The maximum absolute atomic E-state index is 11.4. The van der Waals surface area contributed by atoms with Gasteiger partial charge in [-0.3, -0.25) is 0 Å². The van der Waals surface area contributed by atoms with Crippen molar-refractivity contribution in [2.75, 3.05) is 5.32 Å². The third kappa shape index (κ3) is 1.92. The van der Waals surface area contributed by atoms with Crippen molar-refractivity contribution in [1.29, 1.82) is 0 Å². The molecule has 0 bridgehead atoms. The predicted molar refractivity (Wildman–Crippen MR) is 74.7 cm³/mol. The van der Waals surface area contributed by atoms with E-state index in [9.17, 15) is 10.1 Å². The quantitative estimate of drug-likeness (QED) is 0.671. The Morgan fingerprint density at radius 2 is 2.00 bits per heavy atom. The molecular formula is C14H16N4O2. The zero-order chi connectivity index (χ0) is 13.7. The first-order chi connectivity index (χ1) is 9.74. The van der Waals surface area contributed by atoms with E-state index in [0.717, 1.165) is 0 Å². The maximum Gasteiger partial charge on any atom is 0.372 e. The number of hydrogen-bond acceptors (Lipinski definition) is 4. The number of nitro groups is 1. The van der Waals surface area contributed by atoms with E-state index >= 15 is 0 Å². The number of nitrogens with zero attached hydrogens (tertiary/aromatic N) is 3. The SMILES string of the molecule is O=[N+]([O-])c1c(NC(C2CC2)C2CC2)nc2ccccn12. The second-order valence-electron chi connectivity index (χ2n) is 5.81. The van der Waals surface area contributed by atoms with Gasteiger partial charge in [-0.25, -0.2) is 0 Å². The average molecular weight is 272 g/mol. The largest absolute Gasteiger partial charge is 0.372 e. The van der Waals surface area contributed by atoms with Gasteiger partial charge in [0.05, 0.1) is 6.20 Å². The third-order valence-corrected chi connectivity index (χ3v) is 4.24. The highest BCUT2D eigenvalue weighted by atomic mass is 16.6. The summed E-state index contributed by atoms with van der Waals surface area (Å²) in [4.78, 5) is 15.4. The second kappa shape index (κ2) is 4.19. The fraction of sp³-hybridized carbons (Fsp3) is 0.500. The van der Waals surface area contributed by atoms with E-state index in [1.165, 1.54) is 25.7 Å². The summed E-state index contributed by atoms with van der Waals surface area (Å²) in [6.45, 7) is 0. The summed E-state index contributed by atoms with van der Waals surface area (Å²) in [6, 6.07) is 5.78. The van der Waals surface area contributed by atoms with Crippen molar-refractivity contribution < 1.29 is 4.92 Å². The molecule has 0 spiro atoms. The van der Waals surface area contributed by atoms with Crippen molar-refractivity contribution in [3.8, 4) is 0 Å². The van der Waals surface area contributed by atoms with Crippen LogP contribution in [0.5, 0.6) is 0 Å². The monoisotopic (exact) mass is 272 g/mol. The second-order valence-corrected chi connectivity index (χ2v) is 5.81. The van der Waals surface area contributed by atoms with Crippen LogP contribution in [0, 0.1) is 22.0 Å². The molecule has 1 N–H and O–H groups in total. The van der Waals surface area contributed by atoms with E-state index in [1.807, 2.05) is 6.07 Å². The number of nitrogens with one attached hydrogen (secondary N) is 1. The Bertz CT molecular complexity index is 661. The smallest absolute Gasteiger partial charge is 0.360 e. The summed E-state index contributed by atoms with van der Waals surface area (Å²) in [5.41, 5.74) is 0.618. The van der Waals surface area contributed by atoms with Gasteiger partial charge in [-0.1, -0.05) is 6.07 Å². The lowest BCUT2D eigenvalue weighted by atomic mass is 10.1. The number of fused-ring (bicyclic) bond motifs is 1. The summed E-state index contributed by atoms with van der Waals surface area (Å²) < 4.78 is 1.54. The van der Waals surface area contributed by atoms with Crippen LogP contribution in [0.2, 0.25) is 0 Å². The number of imidazole rings is 1. The van der Waals surface area contributed by atoms with E-state index in [2.05, 4.69) is 10.3 Å². The molecular weight excluding hydrogens is 256 g/mol. The summed E-state index contributed by atoms with van der Waals surface area (Å²) >= 11 is 0. The highest BCUT2D eigenvalue weighted by Crippen LogP contribution is 2.46. The molecule has 0 aliphatic heterocycles. The Hall–Kier alpha value is -2.11. The van der Waals surface area contributed by atoms with E-state index in [4.69, 9.17) is 0 Å². The van der Waals surface area contributed by atoms with Crippen LogP contribution in [-0.4, -0.2) is 20.3 Å². The minimum atomic E-state index is -0.348. The third-order valence-electron chi connectivity index (χ3n) is 4.24. The molecule has 0 aromatic carbocycles. The highest BCUT2D eigenvalue weighted by Gasteiger charge is 2.42. The highest BCUT2D eigenvalue weighted by molar-refractivity contribution is 5.62. The lowest BCUT2D eigenvalue weighted by Crippen LogP contribution is -2.24. The van der Waals surface area contributed by atoms with Crippen LogP contribution in [0.1, 0.15) is 25.7 Å². The van der Waals surface area contributed by atoms with Crippen LogP contribution in [0.4, 0.5) is 11.6 Å². The van der Waals surface area contributed by atoms with Crippen molar-refractivity contribution >= 4 is 17.3 Å². The summed E-state index contributed by atoms with van der Waals surface area (Å²) in [5, 5.41) is 14.7. The van der Waals surface area contributed by atoms with E-state index in [-0.39, 0.29) is 10.7 Å². The fourth-order valence-corrected chi connectivity index (χ4v) is 2.94. The summed E-state index contributed by atoms with van der Waals surface area (Å²) in [7, 11) is 0. The first-order valence-corrected chi connectivity index (χ1v) is 7.12. The van der Waals surface area contributed by atoms with E-state index in [0.29, 0.717) is 29.3 Å². The maximum atomic E-state index is 11.4. The van der Waals surface area contributed by atoms with Crippen LogP contribution in [0.25, 0.3) is 5.65 Å². The summed E-state index contributed by atoms with van der Waals surface area (Å²) in [5.74, 6) is 1.82. The molecule has 0 unspecified atom stereocenters. The molecule has 0 radical (unpaired) electrons. The first kappa shape index (κ1) is 11.7. The van der Waals surface area contributed by atoms with Crippen molar-refractivity contribution in [1.82, 2.24) is 9.38 Å². The summed E-state index contributed by atoms with van der Waals surface area (Å²) in [6.07, 6.45) is 6.62. The predicted octanol–water partition coefficient (Wildman–Crippen LogP) is 2.84. The van der Waals surface area contributed by atoms with Gasteiger partial charge in [-0.2, -0.15) is 9.38 Å². The van der Waals surface area contributed by atoms with Crippen molar-refractivity contribution in [3.05, 3.63) is 34.5 Å². The number of rotatable bonds is 5. The molecule has 2 aromatic heterocycles. The Labute approximate surface area is 116 Å². The molecule has 0 saturated heterocycles. The van der Waals surface area contributed by atoms with Gasteiger partial charge in [0.25, 0.3) is 0 Å². The zero-order valence-corrected chi connectivity index (χ0v) is 11.0. The van der Waals surface area contributed by atoms with E-state index < -0.39 is 0 Å². The standard InChI is InChI=1S/C14H16N4O2/c19-18(20)14-13(15-11-3-1-2-8-17(11)14)16-12(9-4-5-9)10-6-7-10/h1-3,8-10,12,16H,4-7H2. The Kier molecular flexibility index (Phi) is 2.45. The number of anilines is 1. The molecule has 20 heavy (non-hydrogen) atoms. The molecule has 2 fully saturated rings. The molecule has 0 amide bonds. The minimum absolute atomic E-state index is 0.0481. The lowest BCUT2D eigenvalue weighted by Gasteiger charge is -2.16. The molecule has 0 atom stereocenters. The molecule has 2 saturated carbocycles. The van der Waals surface area contributed by atoms with Gasteiger partial charge in [0, 0.05) is 12.1 Å². The molecule has 2 heterocycles. The van der Waals surface area contributed by atoms with Crippen molar-refractivity contribution in [2.45, 2.75) is 31.7 Å². The Morgan fingerprint density at radius 1 is 1.30 bits per heavy atom. The van der Waals surface area contributed by atoms with Gasteiger partial charge < -0.3 is 15.4 Å². The van der Waals surface area contributed by atoms with Gasteiger partial charge in [-0.05, 0) is 48.5 Å². The Morgan fingerprint density at radius 3 is 2.60 bits per heavy atom. The van der Waals surface area contributed by atoms with Gasteiger partial charge >= 0.3 is 5.82 Å². The molecule has 6 heteroatoms. The molecule has 104 valence electrons. The van der Waals surface area contributed by atoms with Gasteiger partial charge in [0.15, 0.2) is 0 Å². The zero-order valence-electron chi connectivity index (χ0n) is 11.0. The van der Waals surface area contributed by atoms with Crippen LogP contribution in [-0.2, 0) is 0 Å². The van der Waals surface area contributed by atoms with Crippen LogP contribution < -0.4 is 5.32 Å². The van der Waals surface area contributed by atoms with Crippen LogP contribution in [0.3, 0.4) is 0 Å². The van der Waals surface area contributed by atoms with Crippen LogP contribution in [0.15, 0.2) is 24.4 Å². The molecule has 2 aromatic rings. The van der Waals surface area contributed by atoms with E-state index in [1.54, 1.807) is 22.7 Å². The number of hydrogen-bond donors (Lipinski definition) is 1. The normalized spacial score (nSPS) is 18.6. The number of aromatic nitrogens is 2. The topological polar surface area (TPSA) is 72.5 Å². The van der Waals surface area contributed by atoms with Gasteiger partial charge in [0.2, 0.25) is 11.5 Å². The Balaban J connectivity index is 1.74. The van der Waals surface area contributed by atoms with Crippen LogP contribution >= 0.6 is 0 Å². The fourth-order valence-electron chi connectivity index (χ4n) is 2.94. The van der Waals surface area contributed by atoms with Crippen molar-refractivity contribution in [2.24, 2.45) is 11.8 Å². The average Bonchev–Trinajstić information content (AvgIpc) is 3.31. The lowest BCUT2D eigenvalue weighted by molar-refractivity contribution is -0.389. The molecule has 2 aliphatic rings. The molecule has 6 nitrogen and oxygen atoms in total. The first-order valence-electron chi connectivity index (χ1n) is 7.12. The van der Waals surface area contributed by atoms with Gasteiger partial charge in [-0.15, -0.1) is 0 Å². The minimum Gasteiger partial charge on any atom is -0.360 e. The van der Waals surface area contributed by atoms with Gasteiger partial charge in [0.1, 0.15) is 0 Å². The number of pyridine rings is 1. The molecule has 2 aliphatic carbocycles. The molecule has 4 rings (SSSR count).